The van der Waals surface area contributed by atoms with Crippen LogP contribution in [0.25, 0.3) is 122 Å². The molecule has 0 N–H and O–H groups in total. The third kappa shape index (κ3) is 6.68. The number of hydrogen-bond acceptors (Lipinski definition) is 3. The first-order valence-corrected chi connectivity index (χ1v) is 23.0. The zero-order valence-corrected chi connectivity index (χ0v) is 36.9. The van der Waals surface area contributed by atoms with Gasteiger partial charge in [-0.1, -0.05) is 212 Å². The summed E-state index contributed by atoms with van der Waals surface area (Å²) in [4.78, 5) is 10.5. The molecule has 0 radical (unpaired) electrons. The molecule has 318 valence electrons. The second-order valence-corrected chi connectivity index (χ2v) is 17.2. The Balaban J connectivity index is 0.961. The molecule has 0 bridgehead atoms. The maximum atomic E-state index is 5.44. The number of rotatable bonds is 8. The van der Waals surface area contributed by atoms with Crippen molar-refractivity contribution in [3.8, 4) is 84.4 Å². The van der Waals surface area contributed by atoms with Gasteiger partial charge < -0.3 is 4.57 Å². The summed E-state index contributed by atoms with van der Waals surface area (Å²) in [7, 11) is 0. The van der Waals surface area contributed by atoms with Crippen molar-refractivity contribution in [1.29, 1.82) is 0 Å². The van der Waals surface area contributed by atoms with Crippen LogP contribution in [0.15, 0.2) is 249 Å². The molecule has 0 saturated carbocycles. The summed E-state index contributed by atoms with van der Waals surface area (Å²) < 4.78 is 4.51. The first-order valence-electron chi connectivity index (χ1n) is 23.0. The fourth-order valence-electron chi connectivity index (χ4n) is 9.99. The number of nitrogens with zero attached hydrogens (tertiary/aromatic N) is 5. The van der Waals surface area contributed by atoms with Gasteiger partial charge in [-0.15, -0.1) is 0 Å². The van der Waals surface area contributed by atoms with Crippen LogP contribution in [0, 0.1) is 0 Å². The van der Waals surface area contributed by atoms with Crippen LogP contribution in [-0.4, -0.2) is 24.1 Å². The minimum absolute atomic E-state index is 0.681. The number of benzene rings is 9. The van der Waals surface area contributed by atoms with Crippen molar-refractivity contribution in [2.45, 2.75) is 0 Å². The first-order chi connectivity index (χ1) is 33.7. The Bertz CT molecular complexity index is 3930. The van der Waals surface area contributed by atoms with Crippen molar-refractivity contribution in [3.63, 3.8) is 0 Å². The summed E-state index contributed by atoms with van der Waals surface area (Å²) in [6, 6.07) is 88.0. The largest absolute Gasteiger partial charge is 0.309 e. The molecule has 0 aliphatic rings. The van der Waals surface area contributed by atoms with E-state index in [1.807, 2.05) is 18.2 Å². The maximum absolute atomic E-state index is 5.44. The Hall–Kier alpha value is -9.19. The van der Waals surface area contributed by atoms with Crippen LogP contribution in [-0.2, 0) is 0 Å². The van der Waals surface area contributed by atoms with E-state index in [9.17, 15) is 0 Å². The third-order valence-corrected chi connectivity index (χ3v) is 13.2. The van der Waals surface area contributed by atoms with Gasteiger partial charge in [0.1, 0.15) is 5.69 Å². The molecule has 0 spiro atoms. The van der Waals surface area contributed by atoms with Crippen molar-refractivity contribution < 1.29 is 0 Å². The van der Waals surface area contributed by atoms with Gasteiger partial charge in [-0.25, -0.2) is 14.5 Å². The molecule has 5 nitrogen and oxygen atoms in total. The normalized spacial score (nSPS) is 11.5. The zero-order valence-electron chi connectivity index (χ0n) is 36.9. The second-order valence-electron chi connectivity index (χ2n) is 17.2. The van der Waals surface area contributed by atoms with Gasteiger partial charge in [0.05, 0.1) is 33.6 Å². The number of pyridine rings is 1. The van der Waals surface area contributed by atoms with E-state index >= 15 is 0 Å². The van der Waals surface area contributed by atoms with E-state index in [-0.39, 0.29) is 0 Å². The highest BCUT2D eigenvalue weighted by atomic mass is 15.2. The lowest BCUT2D eigenvalue weighted by atomic mass is 9.93. The molecular weight excluding hydrogens is 827 g/mol. The third-order valence-electron chi connectivity index (χ3n) is 13.2. The molecule has 0 unspecified atom stereocenters. The van der Waals surface area contributed by atoms with Crippen molar-refractivity contribution in [2.75, 3.05) is 0 Å². The number of hydrogen-bond donors (Lipinski definition) is 0. The van der Waals surface area contributed by atoms with Crippen LogP contribution in [0.1, 0.15) is 0 Å². The summed E-state index contributed by atoms with van der Waals surface area (Å²) >= 11 is 0. The second kappa shape index (κ2) is 16.4. The highest BCUT2D eigenvalue weighted by Gasteiger charge is 2.23. The molecule has 0 atom stereocenters. The monoisotopic (exact) mass is 867 g/mol. The maximum Gasteiger partial charge on any atom is 0.160 e. The van der Waals surface area contributed by atoms with Crippen LogP contribution in [0.4, 0.5) is 0 Å². The molecule has 4 heterocycles. The molecule has 13 aromatic rings. The molecule has 0 saturated heterocycles. The summed E-state index contributed by atoms with van der Waals surface area (Å²) in [6.45, 7) is 0. The van der Waals surface area contributed by atoms with Crippen LogP contribution < -0.4 is 0 Å². The van der Waals surface area contributed by atoms with E-state index in [0.717, 1.165) is 94.8 Å². The molecule has 4 aromatic heterocycles. The molecule has 0 amide bonds. The number of fused-ring (bicyclic) bond motifs is 6. The smallest absolute Gasteiger partial charge is 0.160 e. The Labute approximate surface area is 393 Å². The summed E-state index contributed by atoms with van der Waals surface area (Å²) in [5.74, 6) is 0.681. The Morgan fingerprint density at radius 1 is 0.324 bits per heavy atom. The van der Waals surface area contributed by atoms with Crippen LogP contribution >= 0.6 is 0 Å². The predicted octanol–water partition coefficient (Wildman–Crippen LogP) is 16.0. The Kier molecular flexibility index (Phi) is 9.43. The molecule has 0 fully saturated rings. The van der Waals surface area contributed by atoms with E-state index in [1.165, 1.54) is 21.8 Å². The van der Waals surface area contributed by atoms with Crippen molar-refractivity contribution in [2.24, 2.45) is 0 Å². The van der Waals surface area contributed by atoms with Gasteiger partial charge in [0, 0.05) is 55.2 Å². The van der Waals surface area contributed by atoms with Crippen molar-refractivity contribution in [1.82, 2.24) is 24.1 Å². The van der Waals surface area contributed by atoms with Crippen LogP contribution in [0.5, 0.6) is 0 Å². The molecule has 68 heavy (non-hydrogen) atoms. The van der Waals surface area contributed by atoms with Gasteiger partial charge >= 0.3 is 0 Å². The molecule has 5 heteroatoms. The summed E-state index contributed by atoms with van der Waals surface area (Å²) in [5, 5.41) is 10.2. The first kappa shape index (κ1) is 39.2. The lowest BCUT2D eigenvalue weighted by Gasteiger charge is -2.14. The van der Waals surface area contributed by atoms with Gasteiger partial charge in [-0.3, -0.25) is 0 Å². The van der Waals surface area contributed by atoms with Gasteiger partial charge in [0.15, 0.2) is 5.82 Å². The fourth-order valence-corrected chi connectivity index (χ4v) is 9.99. The highest BCUT2D eigenvalue weighted by Crippen LogP contribution is 2.43. The average Bonchev–Trinajstić information content (AvgIpc) is 3.99. The Morgan fingerprint density at radius 3 is 1.50 bits per heavy atom. The van der Waals surface area contributed by atoms with Crippen LogP contribution in [0.2, 0.25) is 0 Å². The topological polar surface area (TPSA) is 48.0 Å². The van der Waals surface area contributed by atoms with Crippen molar-refractivity contribution in [3.05, 3.63) is 249 Å². The van der Waals surface area contributed by atoms with Crippen LogP contribution in [0.3, 0.4) is 0 Å². The molecule has 13 rings (SSSR count). The van der Waals surface area contributed by atoms with Gasteiger partial charge in [-0.2, -0.15) is 5.10 Å². The van der Waals surface area contributed by atoms with Crippen molar-refractivity contribution >= 4 is 38.1 Å². The average molecular weight is 868 g/mol. The van der Waals surface area contributed by atoms with E-state index in [2.05, 4.69) is 240 Å². The Morgan fingerprint density at radius 2 is 0.838 bits per heavy atom. The van der Waals surface area contributed by atoms with E-state index in [4.69, 9.17) is 15.1 Å². The van der Waals surface area contributed by atoms with E-state index in [1.54, 1.807) is 0 Å². The minimum atomic E-state index is 0.681. The zero-order chi connectivity index (χ0) is 45.0. The van der Waals surface area contributed by atoms with Gasteiger partial charge in [-0.05, 0) is 58.5 Å². The minimum Gasteiger partial charge on any atom is -0.309 e. The molecular formula is C63H41N5. The molecule has 9 aromatic carbocycles. The number of aromatic nitrogens is 5. The predicted molar refractivity (Wildman–Crippen MR) is 281 cm³/mol. The van der Waals surface area contributed by atoms with Gasteiger partial charge in [0.25, 0.3) is 0 Å². The molecule has 0 aliphatic heterocycles. The standard InChI is InChI=1S/C63H41N5/c1-5-19-44(20-6-1)59-40-54-50(31-18-32-53(54)62-60(45-21-7-2-8-22-45)61(66-68(59)62)46-23-9-3-10-24-46)42-35-37-43(38-36-42)55-41-56(65-63(64-55)47-25-11-4-12-26-47)48-27-17-28-49(39-48)67-57-33-15-13-29-51(57)52-30-14-16-34-58(52)67/h1-41H. The highest BCUT2D eigenvalue weighted by molar-refractivity contribution is 6.13. The fraction of sp³-hybridized carbons (Fsp3) is 0. The van der Waals surface area contributed by atoms with Gasteiger partial charge in [0.2, 0.25) is 0 Å². The molecule has 0 aliphatic carbocycles. The summed E-state index contributed by atoms with van der Waals surface area (Å²) in [5.41, 5.74) is 17.9. The number of para-hydroxylation sites is 2. The quantitative estimate of drug-likeness (QED) is 0.153. The SMILES string of the molecule is c1ccc(-c2nc(-c3ccc(-c4cccc5c4cc(-c4ccccc4)n4nc(-c6ccccc6)c(-c6ccccc6)c54)cc3)cc(-c3cccc(-n4c5ccccc5c5ccccc54)c3)n2)cc1. The lowest BCUT2D eigenvalue weighted by molar-refractivity contribution is 0.979. The van der Waals surface area contributed by atoms with E-state index in [0.29, 0.717) is 5.82 Å². The summed E-state index contributed by atoms with van der Waals surface area (Å²) in [6.07, 6.45) is 0. The van der Waals surface area contributed by atoms with E-state index < -0.39 is 0 Å². The lowest BCUT2D eigenvalue weighted by Crippen LogP contribution is -1.98.